The Bertz CT molecular complexity index is 628. The van der Waals surface area contributed by atoms with E-state index >= 15 is 0 Å². The summed E-state index contributed by atoms with van der Waals surface area (Å²) < 4.78 is 0. The summed E-state index contributed by atoms with van der Waals surface area (Å²) >= 11 is 0. The van der Waals surface area contributed by atoms with Crippen LogP contribution in [0.3, 0.4) is 0 Å². The van der Waals surface area contributed by atoms with E-state index in [2.05, 4.69) is 10.3 Å². The molecular weight excluding hydrogens is 248 g/mol. The number of para-hydroxylation sites is 1. The highest BCUT2D eigenvalue weighted by Gasteiger charge is 2.22. The number of nitrogens with one attached hydrogen (secondary N) is 1. The first-order chi connectivity index (χ1) is 9.09. The van der Waals surface area contributed by atoms with Crippen molar-refractivity contribution in [3.05, 3.63) is 58.4 Å². The molecule has 0 saturated carbocycles. The van der Waals surface area contributed by atoms with Crippen molar-refractivity contribution in [3.63, 3.8) is 0 Å². The van der Waals surface area contributed by atoms with Gasteiger partial charge in [-0.2, -0.15) is 0 Å². The van der Waals surface area contributed by atoms with Gasteiger partial charge in [-0.05, 0) is 24.3 Å². The van der Waals surface area contributed by atoms with Crippen molar-refractivity contribution >= 4 is 23.0 Å². The fraction of sp³-hybridized carbons (Fsp3) is 0. The first-order valence-electron chi connectivity index (χ1n) is 5.34. The summed E-state index contributed by atoms with van der Waals surface area (Å²) in [5.41, 5.74) is 5.49. The zero-order chi connectivity index (χ0) is 13.8. The third kappa shape index (κ3) is 2.65. The largest absolute Gasteiger partial charge is 0.393 e. The predicted molar refractivity (Wildman–Crippen MR) is 69.7 cm³/mol. The molecule has 0 spiro atoms. The molecule has 0 bridgehead atoms. The van der Waals surface area contributed by atoms with Crippen molar-refractivity contribution in [2.75, 3.05) is 11.1 Å². The summed E-state index contributed by atoms with van der Waals surface area (Å²) in [4.78, 5) is 26.1. The van der Waals surface area contributed by atoms with E-state index in [0.717, 1.165) is 0 Å². The maximum atomic E-state index is 12.0. The molecule has 2 aromatic rings. The molecular formula is C12H10N4O3. The average molecular weight is 258 g/mol. The second-order valence-corrected chi connectivity index (χ2v) is 3.69. The van der Waals surface area contributed by atoms with Crippen LogP contribution in [0, 0.1) is 10.1 Å². The van der Waals surface area contributed by atoms with E-state index in [1.807, 2.05) is 0 Å². The van der Waals surface area contributed by atoms with Gasteiger partial charge in [-0.25, -0.2) is 0 Å². The fourth-order valence-electron chi connectivity index (χ4n) is 1.58. The topological polar surface area (TPSA) is 111 Å². The lowest BCUT2D eigenvalue weighted by Crippen LogP contribution is -2.14. The van der Waals surface area contributed by atoms with Gasteiger partial charge in [0.15, 0.2) is 0 Å². The van der Waals surface area contributed by atoms with Crippen LogP contribution in [0.4, 0.5) is 17.1 Å². The fourth-order valence-corrected chi connectivity index (χ4v) is 1.58. The first-order valence-corrected chi connectivity index (χ1v) is 5.34. The molecule has 0 aliphatic heterocycles. The minimum absolute atomic E-state index is 0.0487. The maximum Gasteiger partial charge on any atom is 0.304 e. The number of carbonyl (C=O) groups excluding carboxylic acids is 1. The number of nitro groups is 1. The Balaban J connectivity index is 2.35. The minimum atomic E-state index is -0.670. The lowest BCUT2D eigenvalue weighted by molar-refractivity contribution is -0.384. The van der Waals surface area contributed by atoms with Gasteiger partial charge < -0.3 is 11.1 Å². The van der Waals surface area contributed by atoms with E-state index in [0.29, 0.717) is 5.69 Å². The summed E-state index contributed by atoms with van der Waals surface area (Å²) in [6, 6.07) is 7.38. The minimum Gasteiger partial charge on any atom is -0.393 e. The molecule has 7 nitrogen and oxygen atoms in total. The van der Waals surface area contributed by atoms with Crippen molar-refractivity contribution in [3.8, 4) is 0 Å². The molecule has 2 rings (SSSR count). The molecule has 1 aromatic heterocycles. The van der Waals surface area contributed by atoms with Gasteiger partial charge in [0.1, 0.15) is 11.3 Å². The van der Waals surface area contributed by atoms with Crippen LogP contribution in [-0.4, -0.2) is 15.8 Å². The maximum absolute atomic E-state index is 12.0. The van der Waals surface area contributed by atoms with Gasteiger partial charge in [0.25, 0.3) is 5.91 Å². The quantitative estimate of drug-likeness (QED) is 0.495. The molecule has 0 unspecified atom stereocenters. The lowest BCUT2D eigenvalue weighted by Gasteiger charge is -2.06. The third-order valence-corrected chi connectivity index (χ3v) is 2.43. The Labute approximate surface area is 108 Å². The van der Waals surface area contributed by atoms with Gasteiger partial charge in [0.05, 0.1) is 4.92 Å². The highest BCUT2D eigenvalue weighted by molar-refractivity contribution is 6.08. The number of amides is 1. The van der Waals surface area contributed by atoms with E-state index in [4.69, 9.17) is 5.73 Å². The van der Waals surface area contributed by atoms with Crippen LogP contribution in [0.1, 0.15) is 10.4 Å². The summed E-state index contributed by atoms with van der Waals surface area (Å²) in [7, 11) is 0. The highest BCUT2D eigenvalue weighted by Crippen LogP contribution is 2.26. The Kier molecular flexibility index (Phi) is 3.37. The highest BCUT2D eigenvalue weighted by atomic mass is 16.6. The van der Waals surface area contributed by atoms with E-state index in [-0.39, 0.29) is 11.3 Å². The van der Waals surface area contributed by atoms with Crippen molar-refractivity contribution in [2.45, 2.75) is 0 Å². The molecule has 3 N–H and O–H groups in total. The van der Waals surface area contributed by atoms with Crippen LogP contribution in [-0.2, 0) is 0 Å². The number of carbonyl (C=O) groups is 1. The number of hydrogen-bond acceptors (Lipinski definition) is 5. The third-order valence-electron chi connectivity index (χ3n) is 2.43. The van der Waals surface area contributed by atoms with E-state index in [1.54, 1.807) is 12.1 Å². The number of rotatable bonds is 3. The molecule has 1 amide bonds. The Morgan fingerprint density at radius 3 is 2.58 bits per heavy atom. The second kappa shape index (κ2) is 5.13. The Hall–Kier alpha value is -2.96. The smallest absolute Gasteiger partial charge is 0.304 e. The number of aromatic nitrogens is 1. The molecule has 19 heavy (non-hydrogen) atoms. The normalized spacial score (nSPS) is 9.89. The molecule has 1 heterocycles. The summed E-state index contributed by atoms with van der Waals surface area (Å²) in [6.45, 7) is 0. The molecule has 0 radical (unpaired) electrons. The van der Waals surface area contributed by atoms with Crippen molar-refractivity contribution in [1.82, 2.24) is 4.98 Å². The van der Waals surface area contributed by atoms with Crippen LogP contribution in [0.15, 0.2) is 42.7 Å². The lowest BCUT2D eigenvalue weighted by atomic mass is 10.1. The van der Waals surface area contributed by atoms with Gasteiger partial charge in [-0.15, -0.1) is 0 Å². The molecule has 0 atom stereocenters. The van der Waals surface area contributed by atoms with Crippen LogP contribution in [0.5, 0.6) is 0 Å². The number of benzene rings is 1. The Morgan fingerprint density at radius 2 is 1.95 bits per heavy atom. The first kappa shape index (κ1) is 12.5. The number of hydrogen-bond donors (Lipinski definition) is 2. The number of anilines is 2. The van der Waals surface area contributed by atoms with Crippen LogP contribution in [0.2, 0.25) is 0 Å². The molecule has 0 fully saturated rings. The zero-order valence-electron chi connectivity index (χ0n) is 9.74. The van der Waals surface area contributed by atoms with E-state index < -0.39 is 16.5 Å². The monoisotopic (exact) mass is 258 g/mol. The molecule has 7 heteroatoms. The molecule has 96 valence electrons. The molecule has 1 aromatic carbocycles. The number of nitrogens with zero attached hydrogens (tertiary/aromatic N) is 2. The summed E-state index contributed by atoms with van der Waals surface area (Å²) in [6.07, 6.45) is 3.01. The number of pyridine rings is 1. The summed E-state index contributed by atoms with van der Waals surface area (Å²) in [5, 5.41) is 13.5. The molecule has 0 saturated heterocycles. The average Bonchev–Trinajstić information content (AvgIpc) is 2.39. The van der Waals surface area contributed by atoms with Crippen molar-refractivity contribution in [1.29, 1.82) is 0 Å². The van der Waals surface area contributed by atoms with Crippen LogP contribution < -0.4 is 11.1 Å². The van der Waals surface area contributed by atoms with Crippen LogP contribution in [0.25, 0.3) is 0 Å². The van der Waals surface area contributed by atoms with Crippen molar-refractivity contribution in [2.24, 2.45) is 0 Å². The van der Waals surface area contributed by atoms with Gasteiger partial charge in [0, 0.05) is 18.1 Å². The number of nitrogens with two attached hydrogens (primary N) is 1. The molecule has 0 aliphatic carbocycles. The second-order valence-electron chi connectivity index (χ2n) is 3.69. The van der Waals surface area contributed by atoms with E-state index in [9.17, 15) is 14.9 Å². The van der Waals surface area contributed by atoms with Crippen molar-refractivity contribution < 1.29 is 9.72 Å². The predicted octanol–water partition coefficient (Wildman–Crippen LogP) is 1.82. The van der Waals surface area contributed by atoms with E-state index in [1.165, 1.54) is 30.6 Å². The zero-order valence-corrected chi connectivity index (χ0v) is 9.74. The standard InChI is InChI=1S/C12H10N4O3/c13-10-3-1-2-9(11(10)16(18)19)12(17)15-8-4-6-14-7-5-8/h1-7H,13H2,(H,14,15,17). The SMILES string of the molecule is Nc1cccc(C(=O)Nc2ccncc2)c1[N+](=O)[O-]. The van der Waals surface area contributed by atoms with Crippen LogP contribution >= 0.6 is 0 Å². The van der Waals surface area contributed by atoms with Gasteiger partial charge in [0.2, 0.25) is 0 Å². The van der Waals surface area contributed by atoms with Gasteiger partial charge in [-0.3, -0.25) is 19.9 Å². The summed E-state index contributed by atoms with van der Waals surface area (Å²) in [5.74, 6) is -0.592. The van der Waals surface area contributed by atoms with Gasteiger partial charge in [-0.1, -0.05) is 6.07 Å². The van der Waals surface area contributed by atoms with Gasteiger partial charge >= 0.3 is 5.69 Å². The number of nitrogen functional groups attached to an aromatic ring is 1. The molecule has 0 aliphatic rings. The Morgan fingerprint density at radius 1 is 1.26 bits per heavy atom. The number of nitro benzene ring substituents is 1.